The third-order valence-electron chi connectivity index (χ3n) is 4.87. The number of ether oxygens (including phenoxy) is 2. The van der Waals surface area contributed by atoms with Crippen molar-refractivity contribution < 1.29 is 22.7 Å². The molecule has 0 bridgehead atoms. The van der Waals surface area contributed by atoms with E-state index in [4.69, 9.17) is 9.47 Å². The quantitative estimate of drug-likeness (QED) is 0.781. The molecule has 1 fully saturated rings. The van der Waals surface area contributed by atoms with Crippen LogP contribution >= 0.6 is 0 Å². The van der Waals surface area contributed by atoms with Gasteiger partial charge in [0, 0.05) is 6.54 Å². The molecule has 0 radical (unpaired) electrons. The minimum absolute atomic E-state index is 0.126. The van der Waals surface area contributed by atoms with Crippen LogP contribution in [-0.4, -0.2) is 43.8 Å². The fraction of sp³-hybridized carbons (Fsp3) is 0.611. The summed E-state index contributed by atoms with van der Waals surface area (Å²) >= 11 is 0. The lowest BCUT2D eigenvalue weighted by molar-refractivity contribution is -0.125. The highest BCUT2D eigenvalue weighted by molar-refractivity contribution is 7.89. The summed E-state index contributed by atoms with van der Waals surface area (Å²) in [5.41, 5.74) is 0.890. The number of unbranched alkanes of at least 4 members (excludes halogenated alkanes) is 1. The Morgan fingerprint density at radius 2 is 2.08 bits per heavy atom. The van der Waals surface area contributed by atoms with Gasteiger partial charge in [-0.2, -0.15) is 4.31 Å². The predicted octanol–water partition coefficient (Wildman–Crippen LogP) is 2.19. The van der Waals surface area contributed by atoms with Crippen molar-refractivity contribution in [2.24, 2.45) is 0 Å². The normalized spacial score (nSPS) is 20.7. The number of carbonyl (C=O) groups is 1. The Bertz CT molecular complexity index is 765. The number of amides is 1. The van der Waals surface area contributed by atoms with Crippen LogP contribution in [0.25, 0.3) is 0 Å². The number of carbonyl (C=O) groups excluding carboxylic acids is 1. The monoisotopic (exact) mass is 382 g/mol. The van der Waals surface area contributed by atoms with Gasteiger partial charge < -0.3 is 14.8 Å². The largest absolute Gasteiger partial charge is 0.454 e. The van der Waals surface area contributed by atoms with Gasteiger partial charge >= 0.3 is 0 Å². The van der Waals surface area contributed by atoms with Gasteiger partial charge in [-0.3, -0.25) is 4.79 Å². The van der Waals surface area contributed by atoms with Crippen molar-refractivity contribution in [2.75, 3.05) is 19.1 Å². The first-order valence-corrected chi connectivity index (χ1v) is 10.7. The minimum Gasteiger partial charge on any atom is -0.454 e. The molecule has 3 rings (SSSR count). The molecule has 0 saturated carbocycles. The molecule has 7 nitrogen and oxygen atoms in total. The first-order valence-electron chi connectivity index (χ1n) is 9.12. The number of nitrogens with zero attached hydrogens (tertiary/aromatic N) is 1. The summed E-state index contributed by atoms with van der Waals surface area (Å²) in [4.78, 5) is 12.9. The number of benzene rings is 1. The summed E-state index contributed by atoms with van der Waals surface area (Å²) in [5, 5.41) is 2.97. The van der Waals surface area contributed by atoms with Gasteiger partial charge in [-0.15, -0.1) is 0 Å². The van der Waals surface area contributed by atoms with Crippen LogP contribution in [0.2, 0.25) is 0 Å². The Hall–Kier alpha value is -1.80. The molecule has 8 heteroatoms. The van der Waals surface area contributed by atoms with E-state index in [1.165, 1.54) is 4.31 Å². The van der Waals surface area contributed by atoms with Crippen LogP contribution in [0.4, 0.5) is 0 Å². The first-order chi connectivity index (χ1) is 12.4. The molecule has 1 amide bonds. The van der Waals surface area contributed by atoms with E-state index in [-0.39, 0.29) is 24.5 Å². The smallest absolute Gasteiger partial charge is 0.238 e. The molecule has 2 heterocycles. The topological polar surface area (TPSA) is 84.9 Å². The fourth-order valence-corrected chi connectivity index (χ4v) is 5.11. The molecule has 1 aromatic carbocycles. The maximum absolute atomic E-state index is 12.9. The van der Waals surface area contributed by atoms with E-state index < -0.39 is 16.1 Å². The van der Waals surface area contributed by atoms with Gasteiger partial charge in [-0.05, 0) is 37.5 Å². The molecule has 2 aliphatic rings. The molecular weight excluding hydrogens is 356 g/mol. The van der Waals surface area contributed by atoms with Gasteiger partial charge in [0.1, 0.15) is 6.04 Å². The zero-order chi connectivity index (χ0) is 18.7. The maximum atomic E-state index is 12.9. The first kappa shape index (κ1) is 19.0. The van der Waals surface area contributed by atoms with Gasteiger partial charge in [-0.25, -0.2) is 8.42 Å². The van der Waals surface area contributed by atoms with Crippen LogP contribution in [-0.2, 0) is 14.8 Å². The Morgan fingerprint density at radius 3 is 2.77 bits per heavy atom. The SMILES string of the molecule is CCCC[C@@H](C(=O)N[C@@H](C)c1ccc2c(c1)OCO2)N1CCCS1(=O)=O. The molecule has 26 heavy (non-hydrogen) atoms. The summed E-state index contributed by atoms with van der Waals surface area (Å²) in [5.74, 6) is 1.24. The van der Waals surface area contributed by atoms with E-state index in [0.29, 0.717) is 30.9 Å². The Labute approximate surface area is 154 Å². The second-order valence-corrected chi connectivity index (χ2v) is 8.82. The summed E-state index contributed by atoms with van der Waals surface area (Å²) in [6.45, 7) is 4.53. The lowest BCUT2D eigenvalue weighted by Gasteiger charge is -2.27. The third kappa shape index (κ3) is 3.96. The molecule has 0 unspecified atom stereocenters. The van der Waals surface area contributed by atoms with Crippen molar-refractivity contribution in [2.45, 2.75) is 51.6 Å². The highest BCUT2D eigenvalue weighted by Gasteiger charge is 2.38. The second kappa shape index (κ2) is 7.84. The average Bonchev–Trinajstić information content (AvgIpc) is 3.20. The maximum Gasteiger partial charge on any atom is 0.238 e. The van der Waals surface area contributed by atoms with Crippen molar-refractivity contribution in [3.63, 3.8) is 0 Å². The summed E-state index contributed by atoms with van der Waals surface area (Å²) in [6, 6.07) is 4.65. The van der Waals surface area contributed by atoms with E-state index >= 15 is 0 Å². The molecule has 1 aromatic rings. The van der Waals surface area contributed by atoms with Gasteiger partial charge in [0.05, 0.1) is 11.8 Å². The molecule has 2 atom stereocenters. The van der Waals surface area contributed by atoms with E-state index in [2.05, 4.69) is 5.32 Å². The van der Waals surface area contributed by atoms with Gasteiger partial charge in [0.15, 0.2) is 11.5 Å². The molecule has 0 aliphatic carbocycles. The van der Waals surface area contributed by atoms with E-state index in [1.54, 1.807) is 0 Å². The third-order valence-corrected chi connectivity index (χ3v) is 6.83. The zero-order valence-electron chi connectivity index (χ0n) is 15.2. The van der Waals surface area contributed by atoms with Gasteiger partial charge in [-0.1, -0.05) is 25.8 Å². The van der Waals surface area contributed by atoms with Crippen molar-refractivity contribution in [1.82, 2.24) is 9.62 Å². The lowest BCUT2D eigenvalue weighted by Crippen LogP contribution is -2.48. The van der Waals surface area contributed by atoms with E-state index in [1.807, 2.05) is 32.0 Å². The Kier molecular flexibility index (Phi) is 5.72. The van der Waals surface area contributed by atoms with E-state index in [9.17, 15) is 13.2 Å². The average molecular weight is 382 g/mol. The molecule has 144 valence electrons. The fourth-order valence-electron chi connectivity index (χ4n) is 3.39. The van der Waals surface area contributed by atoms with Crippen molar-refractivity contribution in [3.8, 4) is 11.5 Å². The summed E-state index contributed by atoms with van der Waals surface area (Å²) in [7, 11) is -3.33. The van der Waals surface area contributed by atoms with Gasteiger partial charge in [0.2, 0.25) is 22.7 Å². The van der Waals surface area contributed by atoms with Crippen molar-refractivity contribution in [1.29, 1.82) is 0 Å². The summed E-state index contributed by atoms with van der Waals surface area (Å²) < 4.78 is 36.6. The number of rotatable bonds is 7. The van der Waals surface area contributed by atoms with E-state index in [0.717, 1.165) is 18.4 Å². The number of fused-ring (bicyclic) bond motifs is 1. The number of hydrogen-bond donors (Lipinski definition) is 1. The second-order valence-electron chi connectivity index (χ2n) is 6.78. The van der Waals surface area contributed by atoms with Crippen LogP contribution in [0.15, 0.2) is 18.2 Å². The number of nitrogens with one attached hydrogen (secondary N) is 1. The zero-order valence-corrected chi connectivity index (χ0v) is 16.0. The highest BCUT2D eigenvalue weighted by Crippen LogP contribution is 2.34. The van der Waals surface area contributed by atoms with Crippen LogP contribution in [0.3, 0.4) is 0 Å². The Balaban J connectivity index is 1.72. The van der Waals surface area contributed by atoms with Crippen molar-refractivity contribution in [3.05, 3.63) is 23.8 Å². The molecule has 1 N–H and O–H groups in total. The van der Waals surface area contributed by atoms with Crippen LogP contribution in [0.1, 0.15) is 51.1 Å². The van der Waals surface area contributed by atoms with Crippen LogP contribution in [0.5, 0.6) is 11.5 Å². The van der Waals surface area contributed by atoms with Crippen molar-refractivity contribution >= 4 is 15.9 Å². The molecule has 2 aliphatic heterocycles. The lowest BCUT2D eigenvalue weighted by atomic mass is 10.1. The van der Waals surface area contributed by atoms with Crippen LogP contribution < -0.4 is 14.8 Å². The van der Waals surface area contributed by atoms with Crippen LogP contribution in [0, 0.1) is 0 Å². The standard InChI is InChI=1S/C18H26N2O5S/c1-3-4-6-15(20-9-5-10-26(20,22)23)18(21)19-13(2)14-7-8-16-17(11-14)25-12-24-16/h7-8,11,13,15H,3-6,9-10,12H2,1-2H3,(H,19,21)/t13-,15-/m0/s1. The number of sulfonamides is 1. The highest BCUT2D eigenvalue weighted by atomic mass is 32.2. The minimum atomic E-state index is -3.33. The molecular formula is C18H26N2O5S. The molecule has 0 aromatic heterocycles. The Morgan fingerprint density at radius 1 is 1.31 bits per heavy atom. The molecule has 0 spiro atoms. The molecule has 1 saturated heterocycles. The number of hydrogen-bond acceptors (Lipinski definition) is 5. The summed E-state index contributed by atoms with van der Waals surface area (Å²) in [6.07, 6.45) is 2.84. The van der Waals surface area contributed by atoms with Gasteiger partial charge in [0.25, 0.3) is 0 Å². The predicted molar refractivity (Wildman–Crippen MR) is 97.5 cm³/mol.